The smallest absolute Gasteiger partial charge is 0.233 e. The maximum atomic E-state index is 11.5. The fraction of sp³-hybridized carbons (Fsp3) is 0.533. The molecule has 1 aromatic carbocycles. The number of hydrogen-bond donors (Lipinski definition) is 3. The van der Waals surface area contributed by atoms with Crippen molar-refractivity contribution in [2.45, 2.75) is 33.4 Å². The Morgan fingerprint density at radius 3 is 2.74 bits per heavy atom. The number of rotatable bonds is 8. The largest absolute Gasteiger partial charge is 0.392 e. The number of aliphatic hydroxyl groups excluding tert-OH is 1. The van der Waals surface area contributed by atoms with Crippen LogP contribution in [0, 0.1) is 5.92 Å². The van der Waals surface area contributed by atoms with Gasteiger partial charge in [-0.3, -0.25) is 4.79 Å². The van der Waals surface area contributed by atoms with Gasteiger partial charge < -0.3 is 15.7 Å². The van der Waals surface area contributed by atoms with Gasteiger partial charge in [0.15, 0.2) is 0 Å². The summed E-state index contributed by atoms with van der Waals surface area (Å²) in [6.07, 6.45) is 1.00. The van der Waals surface area contributed by atoms with E-state index in [0.29, 0.717) is 19.0 Å². The van der Waals surface area contributed by atoms with Crippen LogP contribution in [-0.4, -0.2) is 24.1 Å². The maximum absolute atomic E-state index is 11.5. The molecule has 1 amide bonds. The molecule has 0 bridgehead atoms. The number of nitrogens with one attached hydrogen (secondary N) is 2. The molecular weight excluding hydrogens is 240 g/mol. The minimum atomic E-state index is 0.0268. The molecule has 0 aliphatic rings. The van der Waals surface area contributed by atoms with Crippen LogP contribution in [0.1, 0.15) is 31.4 Å². The maximum Gasteiger partial charge on any atom is 0.233 e. The van der Waals surface area contributed by atoms with Gasteiger partial charge in [-0.1, -0.05) is 38.1 Å². The van der Waals surface area contributed by atoms with Crippen molar-refractivity contribution < 1.29 is 9.90 Å². The predicted octanol–water partition coefficient (Wildman–Crippen LogP) is 1.43. The minimum absolute atomic E-state index is 0.0268. The second kappa shape index (κ2) is 8.67. The lowest BCUT2D eigenvalue weighted by molar-refractivity contribution is -0.120. The van der Waals surface area contributed by atoms with E-state index in [0.717, 1.165) is 24.1 Å². The van der Waals surface area contributed by atoms with E-state index in [9.17, 15) is 4.79 Å². The minimum Gasteiger partial charge on any atom is -0.392 e. The average Bonchev–Trinajstić information content (AvgIpc) is 2.38. The lowest BCUT2D eigenvalue weighted by Gasteiger charge is -2.08. The van der Waals surface area contributed by atoms with Gasteiger partial charge in [0.2, 0.25) is 5.91 Å². The van der Waals surface area contributed by atoms with Crippen molar-refractivity contribution in [1.29, 1.82) is 0 Å². The number of aliphatic hydroxyl groups is 1. The van der Waals surface area contributed by atoms with E-state index in [1.807, 2.05) is 24.3 Å². The summed E-state index contributed by atoms with van der Waals surface area (Å²) in [5.74, 6) is 0.633. The lowest BCUT2D eigenvalue weighted by atomic mass is 10.1. The molecule has 0 fully saturated rings. The second-order valence-electron chi connectivity index (χ2n) is 5.11. The summed E-state index contributed by atoms with van der Waals surface area (Å²) >= 11 is 0. The summed E-state index contributed by atoms with van der Waals surface area (Å²) in [6, 6.07) is 7.69. The fourth-order valence-electron chi connectivity index (χ4n) is 1.72. The van der Waals surface area contributed by atoms with Crippen LogP contribution in [0.4, 0.5) is 0 Å². The van der Waals surface area contributed by atoms with E-state index in [-0.39, 0.29) is 12.5 Å². The van der Waals surface area contributed by atoms with Crippen LogP contribution in [0.5, 0.6) is 0 Å². The molecule has 0 heterocycles. The molecule has 4 heteroatoms. The van der Waals surface area contributed by atoms with Crippen LogP contribution in [0.2, 0.25) is 0 Å². The van der Waals surface area contributed by atoms with Crippen LogP contribution in [0.15, 0.2) is 24.3 Å². The van der Waals surface area contributed by atoms with E-state index in [1.165, 1.54) is 0 Å². The molecule has 0 atom stereocenters. The van der Waals surface area contributed by atoms with Crippen LogP contribution in [0.3, 0.4) is 0 Å². The number of carbonyl (C=O) groups excluding carboxylic acids is 1. The fourth-order valence-corrected chi connectivity index (χ4v) is 1.72. The number of amides is 1. The topological polar surface area (TPSA) is 61.4 Å². The first-order valence-corrected chi connectivity index (χ1v) is 6.78. The van der Waals surface area contributed by atoms with Crippen molar-refractivity contribution in [3.63, 3.8) is 0 Å². The van der Waals surface area contributed by atoms with Gasteiger partial charge in [-0.25, -0.2) is 0 Å². The van der Waals surface area contributed by atoms with E-state index < -0.39 is 0 Å². The molecule has 0 unspecified atom stereocenters. The zero-order valence-corrected chi connectivity index (χ0v) is 11.8. The van der Waals surface area contributed by atoms with Crippen LogP contribution >= 0.6 is 0 Å². The van der Waals surface area contributed by atoms with Crippen molar-refractivity contribution in [3.05, 3.63) is 35.4 Å². The summed E-state index contributed by atoms with van der Waals surface area (Å²) < 4.78 is 0. The molecule has 0 radical (unpaired) electrons. The zero-order chi connectivity index (χ0) is 14.1. The summed E-state index contributed by atoms with van der Waals surface area (Å²) in [5.41, 5.74) is 1.96. The third kappa shape index (κ3) is 6.94. The molecular formula is C15H24N2O2. The highest BCUT2D eigenvalue weighted by molar-refractivity contribution is 5.77. The van der Waals surface area contributed by atoms with E-state index in [1.54, 1.807) is 0 Å². The number of benzene rings is 1. The molecule has 0 aliphatic heterocycles. The number of carbonyl (C=O) groups is 1. The van der Waals surface area contributed by atoms with Crippen LogP contribution in [0.25, 0.3) is 0 Å². The Morgan fingerprint density at radius 1 is 1.32 bits per heavy atom. The third-order valence-corrected chi connectivity index (χ3v) is 2.83. The SMILES string of the molecule is CC(C)CCNC(=O)CNCc1cccc(CO)c1. The first-order chi connectivity index (χ1) is 9.11. The van der Waals surface area contributed by atoms with E-state index in [2.05, 4.69) is 24.5 Å². The molecule has 1 rings (SSSR count). The average molecular weight is 264 g/mol. The molecule has 0 aromatic heterocycles. The normalized spacial score (nSPS) is 10.7. The Hall–Kier alpha value is -1.39. The van der Waals surface area contributed by atoms with Crippen LogP contribution < -0.4 is 10.6 Å². The zero-order valence-electron chi connectivity index (χ0n) is 11.8. The Labute approximate surface area is 115 Å². The van der Waals surface area contributed by atoms with Gasteiger partial charge in [-0.2, -0.15) is 0 Å². The molecule has 0 spiro atoms. The van der Waals surface area contributed by atoms with Gasteiger partial charge in [0.05, 0.1) is 13.2 Å². The van der Waals surface area contributed by atoms with Gasteiger partial charge in [0.1, 0.15) is 0 Å². The van der Waals surface area contributed by atoms with Gasteiger partial charge in [0, 0.05) is 13.1 Å². The van der Waals surface area contributed by atoms with Gasteiger partial charge in [0.25, 0.3) is 0 Å². The monoisotopic (exact) mass is 264 g/mol. The van der Waals surface area contributed by atoms with Gasteiger partial charge >= 0.3 is 0 Å². The molecule has 1 aromatic rings. The van der Waals surface area contributed by atoms with E-state index in [4.69, 9.17) is 5.11 Å². The Balaban J connectivity index is 2.20. The first-order valence-electron chi connectivity index (χ1n) is 6.78. The number of hydrogen-bond acceptors (Lipinski definition) is 3. The summed E-state index contributed by atoms with van der Waals surface area (Å²) in [7, 11) is 0. The van der Waals surface area contributed by atoms with Crippen LogP contribution in [-0.2, 0) is 17.9 Å². The van der Waals surface area contributed by atoms with Crippen molar-refractivity contribution in [1.82, 2.24) is 10.6 Å². The summed E-state index contributed by atoms with van der Waals surface area (Å²) in [5, 5.41) is 15.0. The van der Waals surface area contributed by atoms with E-state index >= 15 is 0 Å². The second-order valence-corrected chi connectivity index (χ2v) is 5.11. The highest BCUT2D eigenvalue weighted by atomic mass is 16.3. The Kier molecular flexibility index (Phi) is 7.15. The summed E-state index contributed by atoms with van der Waals surface area (Å²) in [6.45, 7) is 6.01. The van der Waals surface area contributed by atoms with Crippen molar-refractivity contribution >= 4 is 5.91 Å². The molecule has 0 saturated heterocycles. The third-order valence-electron chi connectivity index (χ3n) is 2.83. The Bertz CT molecular complexity index is 391. The van der Waals surface area contributed by atoms with Crippen molar-refractivity contribution in [3.8, 4) is 0 Å². The van der Waals surface area contributed by atoms with Gasteiger partial charge in [-0.05, 0) is 23.5 Å². The lowest BCUT2D eigenvalue weighted by Crippen LogP contribution is -2.34. The Morgan fingerprint density at radius 2 is 2.05 bits per heavy atom. The van der Waals surface area contributed by atoms with Crippen molar-refractivity contribution in [2.75, 3.05) is 13.1 Å². The molecule has 0 saturated carbocycles. The first kappa shape index (κ1) is 15.7. The predicted molar refractivity (Wildman–Crippen MR) is 76.5 cm³/mol. The molecule has 19 heavy (non-hydrogen) atoms. The molecule has 106 valence electrons. The quantitative estimate of drug-likeness (QED) is 0.665. The van der Waals surface area contributed by atoms with Crippen molar-refractivity contribution in [2.24, 2.45) is 5.92 Å². The standard InChI is InChI=1S/C15H24N2O2/c1-12(2)6-7-17-15(19)10-16-9-13-4-3-5-14(8-13)11-18/h3-5,8,12,16,18H,6-7,9-11H2,1-2H3,(H,17,19). The van der Waals surface area contributed by atoms with Gasteiger partial charge in [-0.15, -0.1) is 0 Å². The highest BCUT2D eigenvalue weighted by Crippen LogP contribution is 2.04. The highest BCUT2D eigenvalue weighted by Gasteiger charge is 2.01. The molecule has 3 N–H and O–H groups in total. The molecule has 0 aliphatic carbocycles. The summed E-state index contributed by atoms with van der Waals surface area (Å²) in [4.78, 5) is 11.5. The molecule has 4 nitrogen and oxygen atoms in total.